The standard InChI is InChI=1S/C20H27ClN6O/c1-13-11-16(12-27(13)17-7-8-17)24-20(22-2)23-10-9-18-25-19(26-28-18)14-3-5-15(21)6-4-14/h3-6,13,16-17H,7-12H2,1-2H3,(H2,22,23,24). The van der Waals surface area contributed by atoms with E-state index in [0.717, 1.165) is 30.5 Å². The van der Waals surface area contributed by atoms with E-state index in [4.69, 9.17) is 16.1 Å². The molecule has 0 bridgehead atoms. The van der Waals surface area contributed by atoms with Gasteiger partial charge in [0.05, 0.1) is 0 Å². The molecule has 2 aliphatic rings. The Morgan fingerprint density at radius 3 is 2.82 bits per heavy atom. The highest BCUT2D eigenvalue weighted by Crippen LogP contribution is 2.33. The summed E-state index contributed by atoms with van der Waals surface area (Å²) in [6, 6.07) is 9.30. The molecule has 1 saturated heterocycles. The van der Waals surface area contributed by atoms with Crippen LogP contribution in [0, 0.1) is 0 Å². The first-order valence-corrected chi connectivity index (χ1v) is 10.3. The molecular weight excluding hydrogens is 376 g/mol. The number of aromatic nitrogens is 2. The molecule has 1 aromatic heterocycles. The fourth-order valence-electron chi connectivity index (χ4n) is 3.82. The molecule has 1 aliphatic carbocycles. The van der Waals surface area contributed by atoms with Crippen molar-refractivity contribution >= 4 is 17.6 Å². The number of rotatable bonds is 6. The van der Waals surface area contributed by atoms with Crippen LogP contribution in [0.4, 0.5) is 0 Å². The number of nitrogens with zero attached hydrogens (tertiary/aromatic N) is 4. The summed E-state index contributed by atoms with van der Waals surface area (Å²) in [5.74, 6) is 2.00. The zero-order valence-electron chi connectivity index (χ0n) is 16.4. The van der Waals surface area contributed by atoms with Crippen LogP contribution < -0.4 is 10.6 Å². The van der Waals surface area contributed by atoms with E-state index in [-0.39, 0.29) is 0 Å². The minimum Gasteiger partial charge on any atom is -0.356 e. The van der Waals surface area contributed by atoms with Crippen molar-refractivity contribution in [3.8, 4) is 11.4 Å². The molecule has 1 aliphatic heterocycles. The van der Waals surface area contributed by atoms with Gasteiger partial charge in [-0.2, -0.15) is 4.98 Å². The third-order valence-electron chi connectivity index (χ3n) is 5.41. The number of hydrogen-bond donors (Lipinski definition) is 2. The molecule has 28 heavy (non-hydrogen) atoms. The summed E-state index contributed by atoms with van der Waals surface area (Å²) in [6.07, 6.45) is 4.50. The second-order valence-corrected chi connectivity index (χ2v) is 8.06. The Morgan fingerprint density at radius 2 is 2.11 bits per heavy atom. The van der Waals surface area contributed by atoms with Crippen LogP contribution in [0.25, 0.3) is 11.4 Å². The second-order valence-electron chi connectivity index (χ2n) is 7.62. The monoisotopic (exact) mass is 402 g/mol. The van der Waals surface area contributed by atoms with Crippen molar-refractivity contribution in [2.24, 2.45) is 4.99 Å². The summed E-state index contributed by atoms with van der Waals surface area (Å²) < 4.78 is 5.36. The third-order valence-corrected chi connectivity index (χ3v) is 5.66. The summed E-state index contributed by atoms with van der Waals surface area (Å²) in [5.41, 5.74) is 0.889. The SMILES string of the molecule is CN=C(NCCc1nc(-c2ccc(Cl)cc2)no1)NC1CC(C)N(C2CC2)C1. The zero-order chi connectivity index (χ0) is 19.5. The van der Waals surface area contributed by atoms with E-state index in [1.54, 1.807) is 7.05 Å². The number of benzene rings is 1. The Hall–Kier alpha value is -2.12. The number of likely N-dealkylation sites (tertiary alicyclic amines) is 1. The van der Waals surface area contributed by atoms with Crippen LogP contribution in [-0.4, -0.2) is 59.3 Å². The molecule has 0 spiro atoms. The van der Waals surface area contributed by atoms with Crippen LogP contribution >= 0.6 is 11.6 Å². The van der Waals surface area contributed by atoms with Crippen molar-refractivity contribution in [1.82, 2.24) is 25.7 Å². The van der Waals surface area contributed by atoms with Crippen LogP contribution in [0.1, 0.15) is 32.1 Å². The van der Waals surface area contributed by atoms with E-state index in [2.05, 4.69) is 37.6 Å². The third kappa shape index (κ3) is 4.64. The molecule has 2 unspecified atom stereocenters. The Bertz CT molecular complexity index is 816. The maximum Gasteiger partial charge on any atom is 0.228 e. The first kappa shape index (κ1) is 19.2. The zero-order valence-corrected chi connectivity index (χ0v) is 17.1. The minimum absolute atomic E-state index is 0.446. The highest BCUT2D eigenvalue weighted by atomic mass is 35.5. The van der Waals surface area contributed by atoms with E-state index in [0.29, 0.717) is 41.8 Å². The van der Waals surface area contributed by atoms with Crippen LogP contribution in [0.5, 0.6) is 0 Å². The van der Waals surface area contributed by atoms with Crippen molar-refractivity contribution in [2.45, 2.75) is 50.7 Å². The van der Waals surface area contributed by atoms with Gasteiger partial charge in [-0.05, 0) is 50.5 Å². The van der Waals surface area contributed by atoms with Gasteiger partial charge in [0.1, 0.15) is 0 Å². The number of nitrogens with one attached hydrogen (secondary N) is 2. The van der Waals surface area contributed by atoms with E-state index in [1.165, 1.54) is 12.8 Å². The maximum atomic E-state index is 5.92. The summed E-state index contributed by atoms with van der Waals surface area (Å²) >= 11 is 5.92. The van der Waals surface area contributed by atoms with Crippen LogP contribution in [-0.2, 0) is 6.42 Å². The Balaban J connectivity index is 1.24. The number of aliphatic imine (C=N–C) groups is 1. The van der Waals surface area contributed by atoms with Crippen molar-refractivity contribution in [3.05, 3.63) is 35.2 Å². The maximum absolute atomic E-state index is 5.92. The van der Waals surface area contributed by atoms with Gasteiger partial charge in [-0.1, -0.05) is 16.8 Å². The molecule has 4 rings (SSSR count). The average molecular weight is 403 g/mol. The van der Waals surface area contributed by atoms with Crippen molar-refractivity contribution in [3.63, 3.8) is 0 Å². The fourth-order valence-corrected chi connectivity index (χ4v) is 3.95. The Morgan fingerprint density at radius 1 is 1.32 bits per heavy atom. The van der Waals surface area contributed by atoms with Crippen LogP contribution in [0.3, 0.4) is 0 Å². The highest BCUT2D eigenvalue weighted by Gasteiger charge is 2.38. The molecule has 2 heterocycles. The Labute approximate surface area is 170 Å². The fraction of sp³-hybridized carbons (Fsp3) is 0.550. The van der Waals surface area contributed by atoms with Gasteiger partial charge in [0.2, 0.25) is 11.7 Å². The largest absolute Gasteiger partial charge is 0.356 e. The van der Waals surface area contributed by atoms with Crippen molar-refractivity contribution in [1.29, 1.82) is 0 Å². The molecule has 7 nitrogen and oxygen atoms in total. The lowest BCUT2D eigenvalue weighted by Gasteiger charge is -2.20. The normalized spacial score (nSPS) is 23.2. The van der Waals surface area contributed by atoms with Crippen LogP contribution in [0.15, 0.2) is 33.8 Å². The van der Waals surface area contributed by atoms with Gasteiger partial charge in [0.15, 0.2) is 5.96 Å². The topological polar surface area (TPSA) is 78.6 Å². The Kier molecular flexibility index (Phi) is 5.82. The highest BCUT2D eigenvalue weighted by molar-refractivity contribution is 6.30. The molecule has 8 heteroatoms. The quantitative estimate of drug-likeness (QED) is 0.571. The number of guanidine groups is 1. The molecule has 150 valence electrons. The summed E-state index contributed by atoms with van der Waals surface area (Å²) in [6.45, 7) is 4.10. The van der Waals surface area contributed by atoms with E-state index >= 15 is 0 Å². The lowest BCUT2D eigenvalue weighted by molar-refractivity contribution is 0.256. The predicted molar refractivity (Wildman–Crippen MR) is 111 cm³/mol. The average Bonchev–Trinajstić information content (AvgIpc) is 3.31. The molecule has 1 aromatic carbocycles. The van der Waals surface area contributed by atoms with Gasteiger partial charge in [-0.3, -0.25) is 9.89 Å². The van der Waals surface area contributed by atoms with E-state index < -0.39 is 0 Å². The molecule has 2 aromatic rings. The molecule has 2 fully saturated rings. The first-order chi connectivity index (χ1) is 13.6. The molecule has 0 amide bonds. The summed E-state index contributed by atoms with van der Waals surface area (Å²) in [4.78, 5) is 11.4. The number of halogens is 1. The van der Waals surface area contributed by atoms with E-state index in [9.17, 15) is 0 Å². The van der Waals surface area contributed by atoms with Gasteiger partial charge < -0.3 is 15.2 Å². The molecule has 2 atom stereocenters. The van der Waals surface area contributed by atoms with Gasteiger partial charge in [-0.15, -0.1) is 0 Å². The van der Waals surface area contributed by atoms with Gasteiger partial charge in [-0.25, -0.2) is 0 Å². The van der Waals surface area contributed by atoms with Crippen LogP contribution in [0.2, 0.25) is 5.02 Å². The minimum atomic E-state index is 0.446. The lowest BCUT2D eigenvalue weighted by Crippen LogP contribution is -2.45. The first-order valence-electron chi connectivity index (χ1n) is 9.94. The number of hydrogen-bond acceptors (Lipinski definition) is 5. The smallest absolute Gasteiger partial charge is 0.228 e. The molecule has 0 radical (unpaired) electrons. The van der Waals surface area contributed by atoms with Gasteiger partial charge in [0.25, 0.3) is 0 Å². The second kappa shape index (κ2) is 8.49. The van der Waals surface area contributed by atoms with Gasteiger partial charge in [0, 0.05) is 55.3 Å². The molecule has 1 saturated carbocycles. The summed E-state index contributed by atoms with van der Waals surface area (Å²) in [5, 5.41) is 11.6. The van der Waals surface area contributed by atoms with E-state index in [1.807, 2.05) is 24.3 Å². The van der Waals surface area contributed by atoms with Crippen molar-refractivity contribution in [2.75, 3.05) is 20.1 Å². The predicted octanol–water partition coefficient (Wildman–Crippen LogP) is 2.72. The summed E-state index contributed by atoms with van der Waals surface area (Å²) in [7, 11) is 1.80. The lowest BCUT2D eigenvalue weighted by atomic mass is 10.2. The molecular formula is C20H27ClN6O. The molecule has 2 N–H and O–H groups in total. The van der Waals surface area contributed by atoms with Gasteiger partial charge >= 0.3 is 0 Å². The van der Waals surface area contributed by atoms with Crippen molar-refractivity contribution < 1.29 is 4.52 Å².